The second kappa shape index (κ2) is 7.00. The maximum absolute atomic E-state index is 12.8. The zero-order valence-electron chi connectivity index (χ0n) is 16.2. The molecule has 7 nitrogen and oxygen atoms in total. The highest BCUT2D eigenvalue weighted by molar-refractivity contribution is 7.89. The third-order valence-electron chi connectivity index (χ3n) is 4.94. The van der Waals surface area contributed by atoms with Crippen molar-refractivity contribution >= 4 is 27.5 Å². The molecule has 1 aromatic rings. The summed E-state index contributed by atoms with van der Waals surface area (Å²) in [6.45, 7) is 7.10. The van der Waals surface area contributed by atoms with E-state index in [0.29, 0.717) is 11.3 Å². The zero-order valence-corrected chi connectivity index (χ0v) is 17.0. The maximum atomic E-state index is 12.8. The molecule has 1 aromatic carbocycles. The molecule has 0 spiro atoms. The van der Waals surface area contributed by atoms with Crippen LogP contribution in [0.4, 0.5) is 5.69 Å². The number of carbonyl (C=O) groups is 2. The minimum atomic E-state index is -3.84. The van der Waals surface area contributed by atoms with Crippen molar-refractivity contribution in [2.75, 3.05) is 25.5 Å². The molecule has 8 heteroatoms. The molecule has 1 heterocycles. The quantitative estimate of drug-likeness (QED) is 0.809. The van der Waals surface area contributed by atoms with Gasteiger partial charge in [-0.3, -0.25) is 9.59 Å². The number of sulfonamides is 1. The van der Waals surface area contributed by atoms with Gasteiger partial charge in [0, 0.05) is 25.8 Å². The van der Waals surface area contributed by atoms with Crippen molar-refractivity contribution in [1.29, 1.82) is 0 Å². The van der Waals surface area contributed by atoms with Crippen LogP contribution in [0.2, 0.25) is 0 Å². The number of nitrogens with one attached hydrogen (secondary N) is 1. The highest BCUT2D eigenvalue weighted by atomic mass is 32.2. The molecule has 0 aromatic heterocycles. The molecular formula is C18H27N3O4S. The minimum Gasteiger partial charge on any atom is -0.353 e. The fourth-order valence-electron chi connectivity index (χ4n) is 3.00. The number of hydrogen-bond donors (Lipinski definition) is 1. The van der Waals surface area contributed by atoms with Crippen LogP contribution in [0, 0.1) is 0 Å². The van der Waals surface area contributed by atoms with Crippen LogP contribution < -0.4 is 10.2 Å². The van der Waals surface area contributed by atoms with Crippen molar-refractivity contribution in [2.45, 2.75) is 50.5 Å². The topological polar surface area (TPSA) is 86.8 Å². The van der Waals surface area contributed by atoms with E-state index in [2.05, 4.69) is 5.32 Å². The van der Waals surface area contributed by atoms with E-state index < -0.39 is 15.4 Å². The van der Waals surface area contributed by atoms with Gasteiger partial charge in [-0.1, -0.05) is 6.92 Å². The van der Waals surface area contributed by atoms with Crippen LogP contribution in [0.1, 0.15) is 39.7 Å². The Morgan fingerprint density at radius 2 is 1.96 bits per heavy atom. The van der Waals surface area contributed by atoms with E-state index in [-0.39, 0.29) is 29.3 Å². The van der Waals surface area contributed by atoms with Crippen molar-refractivity contribution in [3.05, 3.63) is 23.8 Å². The van der Waals surface area contributed by atoms with Gasteiger partial charge in [-0.2, -0.15) is 4.31 Å². The second-order valence-corrected chi connectivity index (χ2v) is 9.35. The van der Waals surface area contributed by atoms with E-state index in [9.17, 15) is 18.0 Å². The molecule has 0 aliphatic carbocycles. The molecule has 1 aliphatic heterocycles. The first-order valence-corrected chi connectivity index (χ1v) is 10.0. The molecule has 1 N–H and O–H groups in total. The number of likely N-dealkylation sites (N-methyl/N-ethyl adjacent to an activating group) is 2. The van der Waals surface area contributed by atoms with Gasteiger partial charge in [-0.15, -0.1) is 0 Å². The van der Waals surface area contributed by atoms with Crippen LogP contribution in [-0.4, -0.2) is 51.2 Å². The lowest BCUT2D eigenvalue weighted by Crippen LogP contribution is -2.41. The van der Waals surface area contributed by atoms with Crippen molar-refractivity contribution in [3.63, 3.8) is 0 Å². The molecule has 2 rings (SSSR count). The normalized spacial score (nSPS) is 17.3. The number of benzene rings is 1. The second-order valence-electron chi connectivity index (χ2n) is 7.31. The summed E-state index contributed by atoms with van der Waals surface area (Å²) in [5, 5.41) is 2.75. The van der Waals surface area contributed by atoms with E-state index >= 15 is 0 Å². The van der Waals surface area contributed by atoms with Crippen molar-refractivity contribution in [3.8, 4) is 0 Å². The van der Waals surface area contributed by atoms with Crippen LogP contribution in [0.3, 0.4) is 0 Å². The van der Waals surface area contributed by atoms with Crippen LogP contribution in [0.25, 0.3) is 0 Å². The molecule has 1 atom stereocenters. The number of anilines is 1. The number of amides is 2. The summed E-state index contributed by atoms with van der Waals surface area (Å²) in [6, 6.07) is 4.64. The number of carbonyl (C=O) groups excluding carboxylic acids is 2. The summed E-state index contributed by atoms with van der Waals surface area (Å²) in [7, 11) is -0.788. The molecule has 0 saturated heterocycles. The predicted molar refractivity (Wildman–Crippen MR) is 101 cm³/mol. The summed E-state index contributed by atoms with van der Waals surface area (Å²) in [5.41, 5.74) is 0.585. The number of nitrogens with zero attached hydrogens (tertiary/aromatic N) is 2. The first-order valence-electron chi connectivity index (χ1n) is 8.61. The SMILES string of the molecule is CC[C@H](C)NC(=O)CN(C)S(=O)(=O)c1ccc2c(c1)C(C)(C)C(=O)N2C. The lowest BCUT2D eigenvalue weighted by atomic mass is 9.86. The van der Waals surface area contributed by atoms with Crippen LogP contribution in [0.5, 0.6) is 0 Å². The highest BCUT2D eigenvalue weighted by Gasteiger charge is 2.43. The third kappa shape index (κ3) is 3.48. The lowest BCUT2D eigenvalue weighted by Gasteiger charge is -2.20. The first kappa shape index (κ1) is 20.4. The summed E-state index contributed by atoms with van der Waals surface area (Å²) < 4.78 is 26.7. The van der Waals surface area contributed by atoms with E-state index in [1.54, 1.807) is 27.0 Å². The molecule has 26 heavy (non-hydrogen) atoms. The highest BCUT2D eigenvalue weighted by Crippen LogP contribution is 2.41. The zero-order chi connectivity index (χ0) is 19.9. The van der Waals surface area contributed by atoms with Gasteiger partial charge in [0.2, 0.25) is 21.8 Å². The van der Waals surface area contributed by atoms with Crippen molar-refractivity contribution in [2.24, 2.45) is 0 Å². The van der Waals surface area contributed by atoms with Gasteiger partial charge in [0.1, 0.15) is 0 Å². The Morgan fingerprint density at radius 3 is 2.54 bits per heavy atom. The Hall–Kier alpha value is -1.93. The van der Waals surface area contributed by atoms with E-state index in [0.717, 1.165) is 10.7 Å². The average molecular weight is 381 g/mol. The summed E-state index contributed by atoms with van der Waals surface area (Å²) in [5.74, 6) is -0.426. The lowest BCUT2D eigenvalue weighted by molar-refractivity contribution is -0.122. The predicted octanol–water partition coefficient (Wildman–Crippen LogP) is 1.48. The van der Waals surface area contributed by atoms with E-state index in [4.69, 9.17) is 0 Å². The van der Waals surface area contributed by atoms with Gasteiger partial charge in [0.15, 0.2) is 0 Å². The summed E-state index contributed by atoms with van der Waals surface area (Å²) in [6.07, 6.45) is 0.768. The van der Waals surface area contributed by atoms with Gasteiger partial charge in [-0.25, -0.2) is 8.42 Å². The molecule has 0 unspecified atom stereocenters. The van der Waals surface area contributed by atoms with Gasteiger partial charge in [0.25, 0.3) is 0 Å². The fraction of sp³-hybridized carbons (Fsp3) is 0.556. The van der Waals surface area contributed by atoms with Crippen molar-refractivity contribution < 1.29 is 18.0 Å². The smallest absolute Gasteiger partial charge is 0.243 e. The van der Waals surface area contributed by atoms with Gasteiger partial charge in [-0.05, 0) is 51.0 Å². The Balaban J connectivity index is 2.30. The third-order valence-corrected chi connectivity index (χ3v) is 6.74. The van der Waals surface area contributed by atoms with Gasteiger partial charge in [0.05, 0.1) is 16.9 Å². The molecule has 1 aliphatic rings. The van der Waals surface area contributed by atoms with Gasteiger partial charge >= 0.3 is 0 Å². The Bertz CT molecular complexity index is 833. The largest absolute Gasteiger partial charge is 0.353 e. The molecule has 0 saturated carbocycles. The average Bonchev–Trinajstić information content (AvgIpc) is 2.75. The number of hydrogen-bond acceptors (Lipinski definition) is 4. The number of fused-ring (bicyclic) bond motifs is 1. The fourth-order valence-corrected chi connectivity index (χ4v) is 4.16. The monoisotopic (exact) mass is 381 g/mol. The van der Waals surface area contributed by atoms with Crippen LogP contribution >= 0.6 is 0 Å². The first-order chi connectivity index (χ1) is 11.9. The van der Waals surface area contributed by atoms with E-state index in [1.165, 1.54) is 24.1 Å². The van der Waals surface area contributed by atoms with Crippen LogP contribution in [0.15, 0.2) is 23.1 Å². The molecule has 0 fully saturated rings. The Morgan fingerprint density at radius 1 is 1.35 bits per heavy atom. The maximum Gasteiger partial charge on any atom is 0.243 e. The molecule has 0 bridgehead atoms. The molecular weight excluding hydrogens is 354 g/mol. The number of rotatable bonds is 6. The minimum absolute atomic E-state index is 0.0130. The molecule has 2 amide bonds. The van der Waals surface area contributed by atoms with Crippen molar-refractivity contribution in [1.82, 2.24) is 9.62 Å². The Kier molecular flexibility index (Phi) is 5.49. The van der Waals surface area contributed by atoms with E-state index in [1.807, 2.05) is 13.8 Å². The van der Waals surface area contributed by atoms with Crippen LogP contribution in [-0.2, 0) is 25.0 Å². The van der Waals surface area contributed by atoms with Gasteiger partial charge < -0.3 is 10.2 Å². The standard InChI is InChI=1S/C18H27N3O4S/c1-7-12(2)19-16(22)11-20(5)26(24,25)13-8-9-15-14(10-13)18(3,4)17(23)21(15)6/h8-10,12H,7,11H2,1-6H3,(H,19,22)/t12-/m0/s1. The Labute approximate surface area is 155 Å². The summed E-state index contributed by atoms with van der Waals surface area (Å²) in [4.78, 5) is 26.0. The summed E-state index contributed by atoms with van der Waals surface area (Å²) >= 11 is 0. The molecule has 0 radical (unpaired) electrons. The molecule has 144 valence electrons.